The lowest BCUT2D eigenvalue weighted by molar-refractivity contribution is -0.140. The maximum Gasteiger partial charge on any atom is 0.234 e. The van der Waals surface area contributed by atoms with E-state index in [1.165, 1.54) is 10.3 Å². The second kappa shape index (κ2) is 5.55. The van der Waals surface area contributed by atoms with Crippen LogP contribution in [0, 0.1) is 5.41 Å². The number of hydrogen-bond donors (Lipinski definition) is 1. The van der Waals surface area contributed by atoms with E-state index in [1.54, 1.807) is 11.3 Å². The van der Waals surface area contributed by atoms with Gasteiger partial charge in [-0.2, -0.15) is 0 Å². The second-order valence-corrected chi connectivity index (χ2v) is 8.22. The molecule has 2 amide bonds. The third-order valence-corrected chi connectivity index (χ3v) is 6.34. The van der Waals surface area contributed by atoms with Crippen LogP contribution in [-0.2, 0) is 9.59 Å². The molecule has 2 aliphatic rings. The molecule has 1 aromatic carbocycles. The Morgan fingerprint density at radius 3 is 2.88 bits per heavy atom. The average molecular weight is 343 g/mol. The third-order valence-electron chi connectivity index (χ3n) is 5.26. The highest BCUT2D eigenvalue weighted by atomic mass is 32.1. The largest absolute Gasteiger partial charge is 0.347 e. The molecule has 1 aromatic heterocycles. The van der Waals surface area contributed by atoms with Crippen molar-refractivity contribution < 1.29 is 9.59 Å². The molecule has 4 rings (SSSR count). The number of anilines is 1. The first-order chi connectivity index (χ1) is 11.5. The summed E-state index contributed by atoms with van der Waals surface area (Å²) in [6.45, 7) is 5.86. The van der Waals surface area contributed by atoms with Gasteiger partial charge in [-0.1, -0.05) is 31.3 Å². The summed E-state index contributed by atoms with van der Waals surface area (Å²) in [5, 5.41) is 3.49. The van der Waals surface area contributed by atoms with E-state index in [0.29, 0.717) is 25.3 Å². The van der Waals surface area contributed by atoms with Crippen LogP contribution >= 0.6 is 11.3 Å². The van der Waals surface area contributed by atoms with E-state index in [2.05, 4.69) is 42.3 Å². The van der Waals surface area contributed by atoms with E-state index in [9.17, 15) is 9.59 Å². The maximum atomic E-state index is 12.3. The lowest BCUT2D eigenvalue weighted by atomic mass is 9.79. The summed E-state index contributed by atoms with van der Waals surface area (Å²) in [5.74, 6) is 0.244. The predicted octanol–water partition coefficient (Wildman–Crippen LogP) is 3.05. The highest BCUT2D eigenvalue weighted by Gasteiger charge is 2.48. The summed E-state index contributed by atoms with van der Waals surface area (Å²) >= 11 is 1.69. The number of nitrogens with zero attached hydrogens (tertiary/aromatic N) is 2. The van der Waals surface area contributed by atoms with E-state index < -0.39 is 5.41 Å². The van der Waals surface area contributed by atoms with Crippen LogP contribution in [0.5, 0.6) is 0 Å². The first kappa shape index (κ1) is 15.6. The van der Waals surface area contributed by atoms with Crippen molar-refractivity contribution in [2.24, 2.45) is 5.41 Å². The van der Waals surface area contributed by atoms with Crippen LogP contribution in [0.4, 0.5) is 5.13 Å². The number of aromatic nitrogens is 1. The molecule has 0 bridgehead atoms. The molecule has 6 heteroatoms. The Hall–Kier alpha value is -1.95. The summed E-state index contributed by atoms with van der Waals surface area (Å²) in [6, 6.07) is 6.45. The van der Waals surface area contributed by atoms with Crippen LogP contribution in [0.3, 0.4) is 0 Å². The zero-order valence-corrected chi connectivity index (χ0v) is 14.8. The molecule has 2 aromatic rings. The molecular formula is C18H21N3O2S. The number of thiazole rings is 1. The van der Waals surface area contributed by atoms with Gasteiger partial charge in [-0.3, -0.25) is 14.9 Å². The summed E-state index contributed by atoms with van der Waals surface area (Å²) in [7, 11) is 0. The van der Waals surface area contributed by atoms with Crippen LogP contribution in [-0.4, -0.2) is 29.9 Å². The summed E-state index contributed by atoms with van der Waals surface area (Å²) in [5.41, 5.74) is 1.92. The summed E-state index contributed by atoms with van der Waals surface area (Å²) in [4.78, 5) is 30.7. The Kier molecular flexibility index (Phi) is 3.60. The fourth-order valence-corrected chi connectivity index (χ4v) is 4.68. The number of hydrogen-bond acceptors (Lipinski definition) is 5. The standard InChI is InChI=1S/C18H21N3O2S/c1-11(2)12-3-4-13-14(9-12)24-17(19-13)21-8-7-18(10-21)6-5-15(22)20-16(18)23/h3-4,9,11H,5-8,10H2,1-2H3,(H,20,22,23). The number of carbonyl (C=O) groups excluding carboxylic acids is 2. The molecule has 1 spiro atoms. The monoisotopic (exact) mass is 343 g/mol. The normalized spacial score (nSPS) is 24.4. The molecule has 0 saturated carbocycles. The third kappa shape index (κ3) is 2.49. The van der Waals surface area contributed by atoms with E-state index in [1.807, 2.05) is 0 Å². The summed E-state index contributed by atoms with van der Waals surface area (Å²) in [6.07, 6.45) is 1.88. The molecular weight excluding hydrogens is 322 g/mol. The Morgan fingerprint density at radius 1 is 1.29 bits per heavy atom. The van der Waals surface area contributed by atoms with Crippen molar-refractivity contribution in [3.8, 4) is 0 Å². The van der Waals surface area contributed by atoms with Gasteiger partial charge in [0, 0.05) is 19.5 Å². The maximum absolute atomic E-state index is 12.3. The quantitative estimate of drug-likeness (QED) is 0.852. The van der Waals surface area contributed by atoms with Gasteiger partial charge in [0.25, 0.3) is 0 Å². The molecule has 0 radical (unpaired) electrons. The van der Waals surface area contributed by atoms with Crippen LogP contribution in [0.25, 0.3) is 10.2 Å². The minimum atomic E-state index is -0.422. The van der Waals surface area contributed by atoms with Gasteiger partial charge < -0.3 is 4.90 Å². The number of nitrogens with one attached hydrogen (secondary N) is 1. The molecule has 2 saturated heterocycles. The number of fused-ring (bicyclic) bond motifs is 1. The molecule has 1 N–H and O–H groups in total. The van der Waals surface area contributed by atoms with E-state index in [-0.39, 0.29) is 11.8 Å². The molecule has 3 heterocycles. The lowest BCUT2D eigenvalue weighted by Crippen LogP contribution is -2.50. The highest BCUT2D eigenvalue weighted by Crippen LogP contribution is 2.41. The van der Waals surface area contributed by atoms with Gasteiger partial charge in [-0.05, 0) is 36.5 Å². The van der Waals surface area contributed by atoms with E-state index in [0.717, 1.165) is 23.6 Å². The van der Waals surface area contributed by atoms with Crippen molar-refractivity contribution in [3.05, 3.63) is 23.8 Å². The molecule has 1 unspecified atom stereocenters. The van der Waals surface area contributed by atoms with Crippen molar-refractivity contribution in [2.45, 2.75) is 39.0 Å². The molecule has 2 aliphatic heterocycles. The van der Waals surface area contributed by atoms with Gasteiger partial charge in [0.1, 0.15) is 0 Å². The molecule has 1 atom stereocenters. The lowest BCUT2D eigenvalue weighted by Gasteiger charge is -2.31. The Labute approximate surface area is 145 Å². The van der Waals surface area contributed by atoms with Crippen molar-refractivity contribution in [1.82, 2.24) is 10.3 Å². The topological polar surface area (TPSA) is 62.3 Å². The molecule has 126 valence electrons. The van der Waals surface area contributed by atoms with Gasteiger partial charge in [0.15, 0.2) is 5.13 Å². The van der Waals surface area contributed by atoms with Gasteiger partial charge in [0.05, 0.1) is 15.6 Å². The van der Waals surface area contributed by atoms with Gasteiger partial charge in [-0.25, -0.2) is 4.98 Å². The van der Waals surface area contributed by atoms with Gasteiger partial charge in [0.2, 0.25) is 11.8 Å². The number of amides is 2. The molecule has 5 nitrogen and oxygen atoms in total. The number of rotatable bonds is 2. The Bertz CT molecular complexity index is 829. The number of piperidine rings is 1. The van der Waals surface area contributed by atoms with E-state index in [4.69, 9.17) is 4.98 Å². The first-order valence-electron chi connectivity index (χ1n) is 8.47. The molecule has 2 fully saturated rings. The first-order valence-corrected chi connectivity index (χ1v) is 9.28. The van der Waals surface area contributed by atoms with Crippen molar-refractivity contribution in [2.75, 3.05) is 18.0 Å². The Balaban J connectivity index is 1.60. The fraction of sp³-hybridized carbons (Fsp3) is 0.500. The zero-order chi connectivity index (χ0) is 16.9. The highest BCUT2D eigenvalue weighted by molar-refractivity contribution is 7.22. The Morgan fingerprint density at radius 2 is 2.12 bits per heavy atom. The summed E-state index contributed by atoms with van der Waals surface area (Å²) < 4.78 is 1.19. The smallest absolute Gasteiger partial charge is 0.234 e. The number of imide groups is 1. The van der Waals surface area contributed by atoms with Crippen molar-refractivity contribution in [1.29, 1.82) is 0 Å². The second-order valence-electron chi connectivity index (χ2n) is 7.21. The van der Waals surface area contributed by atoms with Gasteiger partial charge >= 0.3 is 0 Å². The number of benzene rings is 1. The van der Waals surface area contributed by atoms with Crippen LogP contribution in [0.2, 0.25) is 0 Å². The van der Waals surface area contributed by atoms with Crippen molar-refractivity contribution >= 4 is 38.5 Å². The van der Waals surface area contributed by atoms with E-state index >= 15 is 0 Å². The zero-order valence-electron chi connectivity index (χ0n) is 14.0. The van der Waals surface area contributed by atoms with Gasteiger partial charge in [-0.15, -0.1) is 0 Å². The van der Waals surface area contributed by atoms with Crippen LogP contribution in [0.1, 0.15) is 44.6 Å². The SMILES string of the molecule is CC(C)c1ccc2nc(N3CCC4(CCC(=O)NC4=O)C3)sc2c1. The minimum absolute atomic E-state index is 0.107. The molecule has 0 aliphatic carbocycles. The van der Waals surface area contributed by atoms with Crippen LogP contribution in [0.15, 0.2) is 18.2 Å². The average Bonchev–Trinajstić information content (AvgIpc) is 3.15. The van der Waals surface area contributed by atoms with Crippen LogP contribution < -0.4 is 10.2 Å². The minimum Gasteiger partial charge on any atom is -0.347 e. The van der Waals surface area contributed by atoms with Crippen molar-refractivity contribution in [3.63, 3.8) is 0 Å². The number of carbonyl (C=O) groups is 2. The predicted molar refractivity (Wildman–Crippen MR) is 95.4 cm³/mol. The fourth-order valence-electron chi connectivity index (χ4n) is 3.64. The molecule has 24 heavy (non-hydrogen) atoms.